The number of rotatable bonds is 1. The summed E-state index contributed by atoms with van der Waals surface area (Å²) in [6, 6.07) is 6.39. The molecule has 0 amide bonds. The Morgan fingerprint density at radius 2 is 2.10 bits per heavy atom. The van der Waals surface area contributed by atoms with Crippen LogP contribution in [0.25, 0.3) is 0 Å². The van der Waals surface area contributed by atoms with Gasteiger partial charge in [-0.2, -0.15) is 0 Å². The summed E-state index contributed by atoms with van der Waals surface area (Å²) in [6.07, 6.45) is 3.37. The lowest BCUT2D eigenvalue weighted by Gasteiger charge is -2.56. The fraction of sp³-hybridized carbons (Fsp3) is 0.625. The van der Waals surface area contributed by atoms with Crippen LogP contribution in [-0.4, -0.2) is 15.8 Å². The van der Waals surface area contributed by atoms with E-state index in [-0.39, 0.29) is 11.0 Å². The third-order valence-electron chi connectivity index (χ3n) is 5.15. The van der Waals surface area contributed by atoms with Crippen LogP contribution in [0.1, 0.15) is 32.3 Å². The van der Waals surface area contributed by atoms with E-state index in [1.807, 2.05) is 0 Å². The van der Waals surface area contributed by atoms with E-state index in [0.717, 1.165) is 28.4 Å². The minimum atomic E-state index is -0.0609. The normalized spacial score (nSPS) is 34.9. The van der Waals surface area contributed by atoms with Crippen molar-refractivity contribution in [2.45, 2.75) is 43.5 Å². The third kappa shape index (κ3) is 2.30. The Balaban J connectivity index is 2.07. The molecule has 1 aliphatic carbocycles. The number of ether oxygens (including phenoxy) is 1. The summed E-state index contributed by atoms with van der Waals surface area (Å²) in [5.74, 6) is 1.59. The zero-order chi connectivity index (χ0) is 14.5. The highest BCUT2D eigenvalue weighted by Gasteiger charge is 2.55. The van der Waals surface area contributed by atoms with Gasteiger partial charge in [0.1, 0.15) is 11.4 Å². The molecule has 1 aromatic rings. The van der Waals surface area contributed by atoms with E-state index in [4.69, 9.17) is 4.74 Å². The predicted molar refractivity (Wildman–Crippen MR) is 94.2 cm³/mol. The quantitative estimate of drug-likeness (QED) is 0.481. The van der Waals surface area contributed by atoms with Gasteiger partial charge in [-0.15, -0.1) is 0 Å². The van der Waals surface area contributed by atoms with Crippen molar-refractivity contribution in [1.82, 2.24) is 0 Å². The summed E-state index contributed by atoms with van der Waals surface area (Å²) in [4.78, 5) is 0.560. The maximum atomic E-state index is 6.52. The van der Waals surface area contributed by atoms with Crippen molar-refractivity contribution in [2.24, 2.45) is 11.3 Å². The molecule has 0 bridgehead atoms. The molecule has 3 rings (SSSR count). The molecule has 1 nitrogen and oxygen atoms in total. The lowest BCUT2D eigenvalue weighted by molar-refractivity contribution is -0.0729. The molecule has 3 atom stereocenters. The van der Waals surface area contributed by atoms with Crippen LogP contribution in [0.3, 0.4) is 0 Å². The van der Waals surface area contributed by atoms with E-state index in [1.165, 1.54) is 12.0 Å². The molecule has 1 heterocycles. The highest BCUT2D eigenvalue weighted by atomic mass is 79.9. The van der Waals surface area contributed by atoms with Crippen LogP contribution in [0.15, 0.2) is 22.7 Å². The fourth-order valence-electron chi connectivity index (χ4n) is 3.82. The zero-order valence-electron chi connectivity index (χ0n) is 11.8. The smallest absolute Gasteiger partial charge is 0.123 e. The maximum Gasteiger partial charge on any atom is 0.123 e. The van der Waals surface area contributed by atoms with E-state index in [0.29, 0.717) is 10.7 Å². The highest BCUT2D eigenvalue weighted by Crippen LogP contribution is 2.55. The SMILES string of the molecule is CC1(C)C2Cc3cc(Br)ccc3OC2(CBr)CC[C@@H]1Br. The first-order valence-electron chi connectivity index (χ1n) is 7.06. The minimum Gasteiger partial charge on any atom is -0.486 e. The fourth-order valence-corrected chi connectivity index (χ4v) is 5.56. The summed E-state index contributed by atoms with van der Waals surface area (Å²) in [7, 11) is 0. The standard InChI is InChI=1S/C16H19Br3O/c1-15(2)13-8-10-7-11(18)3-4-12(10)20-16(13,9-17)6-5-14(15)19/h3-4,7,13-14H,5-6,8-9H2,1-2H3/t13?,14-,16?/m0/s1. The Labute approximate surface area is 146 Å². The van der Waals surface area contributed by atoms with Crippen molar-refractivity contribution in [3.63, 3.8) is 0 Å². The van der Waals surface area contributed by atoms with Gasteiger partial charge in [-0.1, -0.05) is 61.6 Å². The molecular weight excluding hydrogens is 448 g/mol. The van der Waals surface area contributed by atoms with Crippen LogP contribution in [0.4, 0.5) is 0 Å². The van der Waals surface area contributed by atoms with Gasteiger partial charge in [-0.3, -0.25) is 0 Å². The predicted octanol–water partition coefficient (Wildman–Crippen LogP) is 5.72. The van der Waals surface area contributed by atoms with Crippen LogP contribution in [0, 0.1) is 11.3 Å². The van der Waals surface area contributed by atoms with Gasteiger partial charge in [0.2, 0.25) is 0 Å². The van der Waals surface area contributed by atoms with Crippen molar-refractivity contribution in [3.05, 3.63) is 28.2 Å². The maximum absolute atomic E-state index is 6.52. The molecule has 0 N–H and O–H groups in total. The molecule has 1 aromatic carbocycles. The van der Waals surface area contributed by atoms with Crippen LogP contribution < -0.4 is 4.74 Å². The zero-order valence-corrected chi connectivity index (χ0v) is 16.5. The van der Waals surface area contributed by atoms with Crippen LogP contribution >= 0.6 is 47.8 Å². The molecule has 1 fully saturated rings. The summed E-state index contributed by atoms with van der Waals surface area (Å²) in [5.41, 5.74) is 1.50. The molecule has 110 valence electrons. The van der Waals surface area contributed by atoms with Gasteiger partial charge < -0.3 is 4.74 Å². The van der Waals surface area contributed by atoms with Gasteiger partial charge in [-0.05, 0) is 48.4 Å². The molecule has 20 heavy (non-hydrogen) atoms. The largest absolute Gasteiger partial charge is 0.486 e. The number of benzene rings is 1. The van der Waals surface area contributed by atoms with Gasteiger partial charge in [0.15, 0.2) is 0 Å². The van der Waals surface area contributed by atoms with Crippen LogP contribution in [-0.2, 0) is 6.42 Å². The second kappa shape index (κ2) is 5.27. The molecule has 0 spiro atoms. The lowest BCUT2D eigenvalue weighted by atomic mass is 9.59. The molecule has 0 aromatic heterocycles. The second-order valence-corrected chi connectivity index (χ2v) is 9.22. The number of alkyl halides is 2. The minimum absolute atomic E-state index is 0.0609. The van der Waals surface area contributed by atoms with Crippen molar-refractivity contribution in [1.29, 1.82) is 0 Å². The van der Waals surface area contributed by atoms with Gasteiger partial charge >= 0.3 is 0 Å². The first kappa shape index (κ1) is 15.4. The average molecular weight is 467 g/mol. The van der Waals surface area contributed by atoms with Crippen molar-refractivity contribution >= 4 is 47.8 Å². The molecule has 0 radical (unpaired) electrons. The van der Waals surface area contributed by atoms with E-state index in [1.54, 1.807) is 0 Å². The van der Waals surface area contributed by atoms with Crippen molar-refractivity contribution in [2.75, 3.05) is 5.33 Å². The Hall–Kier alpha value is 0.460. The monoisotopic (exact) mass is 464 g/mol. The molecule has 4 heteroatoms. The van der Waals surface area contributed by atoms with E-state index in [2.05, 4.69) is 79.8 Å². The summed E-state index contributed by atoms with van der Waals surface area (Å²) < 4.78 is 7.66. The first-order chi connectivity index (χ1) is 9.39. The summed E-state index contributed by atoms with van der Waals surface area (Å²) in [5, 5.41) is 0.906. The molecule has 1 saturated carbocycles. The first-order valence-corrected chi connectivity index (χ1v) is 9.89. The Morgan fingerprint density at radius 3 is 2.80 bits per heavy atom. The number of halogens is 3. The average Bonchev–Trinajstić information content (AvgIpc) is 2.42. The number of hydrogen-bond acceptors (Lipinski definition) is 1. The van der Waals surface area contributed by atoms with Gasteiger partial charge in [0.25, 0.3) is 0 Å². The lowest BCUT2D eigenvalue weighted by Crippen LogP contribution is -2.60. The summed E-state index contributed by atoms with van der Waals surface area (Å²) in [6.45, 7) is 4.75. The van der Waals surface area contributed by atoms with Gasteiger partial charge in [-0.25, -0.2) is 0 Å². The molecule has 1 aliphatic heterocycles. The highest BCUT2D eigenvalue weighted by molar-refractivity contribution is 9.10. The van der Waals surface area contributed by atoms with E-state index in [9.17, 15) is 0 Å². The number of fused-ring (bicyclic) bond motifs is 2. The van der Waals surface area contributed by atoms with E-state index < -0.39 is 0 Å². The van der Waals surface area contributed by atoms with Crippen molar-refractivity contribution in [3.8, 4) is 5.75 Å². The van der Waals surface area contributed by atoms with Gasteiger partial charge in [0, 0.05) is 20.5 Å². The topological polar surface area (TPSA) is 9.23 Å². The summed E-state index contributed by atoms with van der Waals surface area (Å²) >= 11 is 11.2. The Morgan fingerprint density at radius 1 is 1.35 bits per heavy atom. The molecular formula is C16H19Br3O. The van der Waals surface area contributed by atoms with E-state index >= 15 is 0 Å². The van der Waals surface area contributed by atoms with Crippen LogP contribution in [0.5, 0.6) is 5.75 Å². The Kier molecular flexibility index (Phi) is 4.05. The molecule has 2 aliphatic rings. The molecule has 0 saturated heterocycles. The van der Waals surface area contributed by atoms with Crippen molar-refractivity contribution < 1.29 is 4.74 Å². The Bertz CT molecular complexity index is 528. The van der Waals surface area contributed by atoms with Crippen LogP contribution in [0.2, 0.25) is 0 Å². The van der Waals surface area contributed by atoms with Gasteiger partial charge in [0.05, 0.1) is 0 Å². The third-order valence-corrected chi connectivity index (χ3v) is 8.23. The number of hydrogen-bond donors (Lipinski definition) is 0. The second-order valence-electron chi connectivity index (χ2n) is 6.64. The molecule has 2 unspecified atom stereocenters.